The summed E-state index contributed by atoms with van der Waals surface area (Å²) in [5.74, 6) is -3.87. The number of benzene rings is 2. The molecule has 0 saturated carbocycles. The zero-order valence-electron chi connectivity index (χ0n) is 13.5. The van der Waals surface area contributed by atoms with Crippen LogP contribution in [0.5, 0.6) is 34.5 Å². The van der Waals surface area contributed by atoms with Gasteiger partial charge in [-0.1, -0.05) is 0 Å². The van der Waals surface area contributed by atoms with E-state index in [0.717, 1.165) is 6.07 Å². The quantitative estimate of drug-likeness (QED) is 0.373. The molecule has 26 heavy (non-hydrogen) atoms. The molecule has 2 aliphatic rings. The van der Waals surface area contributed by atoms with Gasteiger partial charge in [0.05, 0.1) is 6.61 Å². The molecule has 4 rings (SSSR count). The van der Waals surface area contributed by atoms with Gasteiger partial charge in [-0.15, -0.1) is 0 Å². The maximum Gasteiger partial charge on any atom is 0.200 e. The van der Waals surface area contributed by atoms with Crippen molar-refractivity contribution in [1.82, 2.24) is 0 Å². The first-order valence-electron chi connectivity index (χ1n) is 7.73. The van der Waals surface area contributed by atoms with Crippen LogP contribution in [0.1, 0.15) is 46.3 Å². The fourth-order valence-corrected chi connectivity index (χ4v) is 3.58. The molecular formula is C17H16O9. The third-order valence-electron chi connectivity index (χ3n) is 4.95. The topological polar surface area (TPSA) is 160 Å². The van der Waals surface area contributed by atoms with Crippen LogP contribution < -0.4 is 0 Å². The molecule has 0 unspecified atom stereocenters. The highest BCUT2D eigenvalue weighted by atomic mass is 16.6. The van der Waals surface area contributed by atoms with Gasteiger partial charge in [0.2, 0.25) is 11.5 Å². The Bertz CT molecular complexity index is 937. The zero-order valence-corrected chi connectivity index (χ0v) is 13.5. The van der Waals surface area contributed by atoms with Crippen LogP contribution in [0.15, 0.2) is 6.07 Å². The number of ether oxygens (including phenoxy) is 2. The molecule has 0 fully saturated rings. The molecule has 2 aromatic rings. The number of aliphatic hydroxyl groups excluding tert-OH is 1. The van der Waals surface area contributed by atoms with Crippen LogP contribution in [0.3, 0.4) is 0 Å². The summed E-state index contributed by atoms with van der Waals surface area (Å²) in [4.78, 5) is 0. The number of hydrogen-bond donors (Lipinski definition) is 7. The van der Waals surface area contributed by atoms with E-state index in [1.165, 1.54) is 0 Å². The summed E-state index contributed by atoms with van der Waals surface area (Å²) in [5.41, 5.74) is 0.940. The summed E-state index contributed by atoms with van der Waals surface area (Å²) in [6.07, 6.45) is -3.68. The predicted molar refractivity (Wildman–Crippen MR) is 83.9 cm³/mol. The Hall–Kier alpha value is -2.88. The number of hydrogen-bond acceptors (Lipinski definition) is 9. The van der Waals surface area contributed by atoms with Gasteiger partial charge in [0, 0.05) is 22.3 Å². The standard InChI is InChI=1S/C17H16O9/c1-4-6-3-25-15(9(6)13(22)14(23)10(4)19)16-8-5(17(24)26-16)2-7(18)11(20)12(8)21/h2,15-24H,3H2,1H3/t15-,16+,17-/m1/s1. The third-order valence-corrected chi connectivity index (χ3v) is 4.95. The summed E-state index contributed by atoms with van der Waals surface area (Å²) in [7, 11) is 0. The van der Waals surface area contributed by atoms with Crippen molar-refractivity contribution in [3.05, 3.63) is 33.9 Å². The van der Waals surface area contributed by atoms with E-state index in [4.69, 9.17) is 9.47 Å². The Labute approximate surface area is 146 Å². The number of phenolic OH excluding ortho intramolecular Hbond substituents is 6. The number of fused-ring (bicyclic) bond motifs is 2. The second-order valence-corrected chi connectivity index (χ2v) is 6.30. The van der Waals surface area contributed by atoms with Crippen molar-refractivity contribution in [3.63, 3.8) is 0 Å². The Morgan fingerprint density at radius 3 is 2.19 bits per heavy atom. The Morgan fingerprint density at radius 2 is 1.50 bits per heavy atom. The first kappa shape index (κ1) is 16.6. The maximum absolute atomic E-state index is 10.3. The van der Waals surface area contributed by atoms with E-state index in [0.29, 0.717) is 11.1 Å². The molecule has 7 N–H and O–H groups in total. The first-order chi connectivity index (χ1) is 12.2. The highest BCUT2D eigenvalue weighted by Gasteiger charge is 2.46. The molecule has 3 atom stereocenters. The SMILES string of the molecule is Cc1c(O)c(O)c(O)c2c1CO[C@H]2[C@H]1O[C@@H](O)c2cc(O)c(O)c(O)c21. The average Bonchev–Trinajstić information content (AvgIpc) is 3.18. The number of aliphatic hydroxyl groups is 1. The minimum Gasteiger partial charge on any atom is -0.504 e. The molecule has 2 aromatic carbocycles. The molecule has 0 spiro atoms. The van der Waals surface area contributed by atoms with E-state index in [2.05, 4.69) is 0 Å². The molecule has 2 aliphatic heterocycles. The minimum absolute atomic E-state index is 0.00438. The predicted octanol–water partition coefficient (Wildman–Crippen LogP) is 1.56. The fourth-order valence-electron chi connectivity index (χ4n) is 3.58. The summed E-state index contributed by atoms with van der Waals surface area (Å²) in [6.45, 7) is 1.53. The largest absolute Gasteiger partial charge is 0.504 e. The van der Waals surface area contributed by atoms with E-state index in [9.17, 15) is 35.7 Å². The highest BCUT2D eigenvalue weighted by molar-refractivity contribution is 5.65. The smallest absolute Gasteiger partial charge is 0.200 e. The lowest BCUT2D eigenvalue weighted by Gasteiger charge is -2.22. The van der Waals surface area contributed by atoms with Crippen molar-refractivity contribution in [1.29, 1.82) is 0 Å². The van der Waals surface area contributed by atoms with Crippen LogP contribution in [-0.2, 0) is 16.1 Å². The Balaban J connectivity index is 1.89. The van der Waals surface area contributed by atoms with E-state index in [1.807, 2.05) is 0 Å². The molecule has 0 aliphatic carbocycles. The van der Waals surface area contributed by atoms with E-state index in [-0.39, 0.29) is 23.3 Å². The molecule has 2 heterocycles. The van der Waals surface area contributed by atoms with Gasteiger partial charge in [-0.25, -0.2) is 0 Å². The van der Waals surface area contributed by atoms with Gasteiger partial charge in [-0.05, 0) is 18.6 Å². The minimum atomic E-state index is -1.51. The van der Waals surface area contributed by atoms with Crippen molar-refractivity contribution in [3.8, 4) is 34.5 Å². The third kappa shape index (κ3) is 1.96. The molecule has 0 bridgehead atoms. The first-order valence-corrected chi connectivity index (χ1v) is 7.73. The van der Waals surface area contributed by atoms with E-state index < -0.39 is 53.0 Å². The van der Waals surface area contributed by atoms with Crippen molar-refractivity contribution in [2.45, 2.75) is 32.0 Å². The lowest BCUT2D eigenvalue weighted by Crippen LogP contribution is -2.10. The van der Waals surface area contributed by atoms with Gasteiger partial charge in [-0.2, -0.15) is 0 Å². The van der Waals surface area contributed by atoms with Crippen LogP contribution in [-0.4, -0.2) is 35.7 Å². The molecule has 0 aromatic heterocycles. The van der Waals surface area contributed by atoms with Crippen LogP contribution in [0.25, 0.3) is 0 Å². The van der Waals surface area contributed by atoms with Gasteiger partial charge in [0.1, 0.15) is 12.2 Å². The molecule has 138 valence electrons. The Morgan fingerprint density at radius 1 is 0.846 bits per heavy atom. The highest BCUT2D eigenvalue weighted by Crippen LogP contribution is 2.59. The van der Waals surface area contributed by atoms with Gasteiger partial charge >= 0.3 is 0 Å². The number of aromatic hydroxyl groups is 6. The second-order valence-electron chi connectivity index (χ2n) is 6.30. The van der Waals surface area contributed by atoms with Crippen LogP contribution >= 0.6 is 0 Å². The lowest BCUT2D eigenvalue weighted by atomic mass is 9.91. The summed E-state index contributed by atoms with van der Waals surface area (Å²) in [6, 6.07) is 1.06. The van der Waals surface area contributed by atoms with Gasteiger partial charge in [0.15, 0.2) is 29.3 Å². The lowest BCUT2D eigenvalue weighted by molar-refractivity contribution is -0.161. The van der Waals surface area contributed by atoms with Gasteiger partial charge < -0.3 is 45.2 Å². The van der Waals surface area contributed by atoms with Crippen LogP contribution in [0, 0.1) is 6.92 Å². The van der Waals surface area contributed by atoms with Crippen molar-refractivity contribution in [2.75, 3.05) is 0 Å². The van der Waals surface area contributed by atoms with Crippen molar-refractivity contribution >= 4 is 0 Å². The number of phenols is 6. The molecular weight excluding hydrogens is 348 g/mol. The molecule has 0 amide bonds. The molecule has 0 saturated heterocycles. The van der Waals surface area contributed by atoms with Crippen LogP contribution in [0.4, 0.5) is 0 Å². The Kier molecular flexibility index (Phi) is 3.38. The van der Waals surface area contributed by atoms with E-state index in [1.54, 1.807) is 6.92 Å². The number of rotatable bonds is 1. The van der Waals surface area contributed by atoms with E-state index >= 15 is 0 Å². The van der Waals surface area contributed by atoms with Crippen molar-refractivity contribution < 1.29 is 45.2 Å². The second kappa shape index (κ2) is 5.31. The normalized spacial score (nSPS) is 23.8. The van der Waals surface area contributed by atoms with Gasteiger partial charge in [-0.3, -0.25) is 0 Å². The monoisotopic (exact) mass is 364 g/mol. The maximum atomic E-state index is 10.3. The average molecular weight is 364 g/mol. The zero-order chi connectivity index (χ0) is 18.9. The summed E-state index contributed by atoms with van der Waals surface area (Å²) >= 11 is 0. The fraction of sp³-hybridized carbons (Fsp3) is 0.294. The summed E-state index contributed by atoms with van der Waals surface area (Å²) < 4.78 is 11.1. The molecule has 9 heteroatoms. The van der Waals surface area contributed by atoms with Crippen molar-refractivity contribution in [2.24, 2.45) is 0 Å². The molecule has 0 radical (unpaired) electrons. The van der Waals surface area contributed by atoms with Gasteiger partial charge in [0.25, 0.3) is 0 Å². The summed E-state index contributed by atoms with van der Waals surface area (Å²) in [5, 5.41) is 69.8. The van der Waals surface area contributed by atoms with Crippen LogP contribution in [0.2, 0.25) is 0 Å². The molecule has 9 nitrogen and oxygen atoms in total.